The van der Waals surface area contributed by atoms with Crippen LogP contribution in [0.3, 0.4) is 0 Å². The number of hydrogen-bond acceptors (Lipinski definition) is 2. The van der Waals surface area contributed by atoms with Gasteiger partial charge < -0.3 is 14.6 Å². The monoisotopic (exact) mass is 400 g/mol. The Hall–Kier alpha value is -2.37. The molecule has 2 heterocycles. The molecule has 6 heteroatoms. The minimum absolute atomic E-state index is 0.211. The predicted octanol–water partition coefficient (Wildman–Crippen LogP) is 4.45. The molecule has 0 bridgehead atoms. The van der Waals surface area contributed by atoms with Gasteiger partial charge >= 0.3 is 0 Å². The van der Waals surface area contributed by atoms with E-state index in [1.165, 1.54) is 12.1 Å². The van der Waals surface area contributed by atoms with Gasteiger partial charge in [0.05, 0.1) is 5.02 Å². The fourth-order valence-corrected chi connectivity index (χ4v) is 4.44. The van der Waals surface area contributed by atoms with E-state index in [4.69, 9.17) is 16.3 Å². The third-order valence-corrected chi connectivity index (χ3v) is 6.14. The van der Waals surface area contributed by atoms with Crippen molar-refractivity contribution in [2.24, 2.45) is 7.05 Å². The number of rotatable bonds is 4. The fraction of sp³-hybridized carbons (Fsp3) is 0.318. The van der Waals surface area contributed by atoms with Crippen LogP contribution in [-0.4, -0.2) is 30.2 Å². The second kappa shape index (κ2) is 7.57. The summed E-state index contributed by atoms with van der Waals surface area (Å²) < 4.78 is 20.7. The Kier molecular flexibility index (Phi) is 5.13. The van der Waals surface area contributed by atoms with Gasteiger partial charge in [-0.15, -0.1) is 0 Å². The van der Waals surface area contributed by atoms with Gasteiger partial charge in [0, 0.05) is 43.1 Å². The minimum Gasteiger partial charge on any atom is -0.381 e. The highest BCUT2D eigenvalue weighted by Crippen LogP contribution is 2.35. The van der Waals surface area contributed by atoms with Crippen molar-refractivity contribution >= 4 is 28.4 Å². The first-order chi connectivity index (χ1) is 13.5. The van der Waals surface area contributed by atoms with E-state index >= 15 is 0 Å². The fourth-order valence-electron chi connectivity index (χ4n) is 4.07. The molecule has 0 atom stereocenters. The van der Waals surface area contributed by atoms with Crippen molar-refractivity contribution in [3.8, 4) is 0 Å². The van der Waals surface area contributed by atoms with Gasteiger partial charge in [-0.25, -0.2) is 4.39 Å². The lowest BCUT2D eigenvalue weighted by molar-refractivity contribution is 0.0486. The minimum atomic E-state index is -0.279. The van der Waals surface area contributed by atoms with Gasteiger partial charge in [0.1, 0.15) is 11.5 Å². The van der Waals surface area contributed by atoms with Crippen LogP contribution in [0.5, 0.6) is 0 Å². The van der Waals surface area contributed by atoms with E-state index in [1.807, 2.05) is 35.9 Å². The molecule has 4 nitrogen and oxygen atoms in total. The first-order valence-corrected chi connectivity index (χ1v) is 9.74. The molecule has 1 aliphatic heterocycles. The van der Waals surface area contributed by atoms with Crippen LogP contribution < -0.4 is 5.32 Å². The summed E-state index contributed by atoms with van der Waals surface area (Å²) >= 11 is 6.50. The van der Waals surface area contributed by atoms with Crippen LogP contribution >= 0.6 is 11.6 Å². The predicted molar refractivity (Wildman–Crippen MR) is 108 cm³/mol. The van der Waals surface area contributed by atoms with Crippen molar-refractivity contribution in [2.75, 3.05) is 19.8 Å². The van der Waals surface area contributed by atoms with Gasteiger partial charge in [0.15, 0.2) is 0 Å². The summed E-state index contributed by atoms with van der Waals surface area (Å²) in [5, 5.41) is 4.39. The van der Waals surface area contributed by atoms with Crippen molar-refractivity contribution in [1.29, 1.82) is 0 Å². The maximum absolute atomic E-state index is 13.4. The van der Waals surface area contributed by atoms with Crippen molar-refractivity contribution in [3.63, 3.8) is 0 Å². The third kappa shape index (κ3) is 3.29. The molecule has 0 spiro atoms. The van der Waals surface area contributed by atoms with Crippen LogP contribution in [0.25, 0.3) is 10.9 Å². The number of amides is 1. The molecule has 0 saturated carbocycles. The van der Waals surface area contributed by atoms with Crippen LogP contribution in [0.2, 0.25) is 5.02 Å². The maximum Gasteiger partial charge on any atom is 0.269 e. The van der Waals surface area contributed by atoms with Crippen molar-refractivity contribution in [1.82, 2.24) is 9.88 Å². The number of hydrogen-bond donors (Lipinski definition) is 1. The van der Waals surface area contributed by atoms with Crippen LogP contribution in [0.1, 0.15) is 28.9 Å². The molecule has 1 aliphatic rings. The van der Waals surface area contributed by atoms with Gasteiger partial charge in [-0.05, 0) is 36.6 Å². The smallest absolute Gasteiger partial charge is 0.269 e. The average molecular weight is 401 g/mol. The number of ether oxygens (including phenoxy) is 1. The zero-order chi connectivity index (χ0) is 19.7. The molecule has 0 radical (unpaired) electrons. The number of aryl methyl sites for hydroxylation is 1. The number of benzene rings is 2. The van der Waals surface area contributed by atoms with Gasteiger partial charge in [-0.3, -0.25) is 4.79 Å². The highest BCUT2D eigenvalue weighted by atomic mass is 35.5. The highest BCUT2D eigenvalue weighted by molar-refractivity contribution is 6.38. The second-order valence-electron chi connectivity index (χ2n) is 7.32. The molecule has 0 unspecified atom stereocenters. The van der Waals surface area contributed by atoms with E-state index in [0.29, 0.717) is 30.5 Å². The SMILES string of the molecule is Cn1c(C(=O)NCC2(c3ccc(F)cc3)CCOCC2)c(Cl)c2ccccc21. The molecule has 1 fully saturated rings. The summed E-state index contributed by atoms with van der Waals surface area (Å²) in [6.07, 6.45) is 1.53. The van der Waals surface area contributed by atoms with E-state index in [0.717, 1.165) is 29.3 Å². The summed E-state index contributed by atoms with van der Waals surface area (Å²) in [5.41, 5.74) is 2.10. The van der Waals surface area contributed by atoms with E-state index in [9.17, 15) is 9.18 Å². The topological polar surface area (TPSA) is 43.3 Å². The summed E-state index contributed by atoms with van der Waals surface area (Å²) in [6.45, 7) is 1.67. The Bertz CT molecular complexity index is 968. The Balaban J connectivity index is 1.61. The maximum atomic E-state index is 13.4. The number of halogens is 2. The van der Waals surface area contributed by atoms with E-state index in [1.54, 1.807) is 12.1 Å². The van der Waals surface area contributed by atoms with Crippen LogP contribution in [0.15, 0.2) is 48.5 Å². The molecular weight excluding hydrogens is 379 g/mol. The molecule has 1 aromatic heterocycles. The number of nitrogens with one attached hydrogen (secondary N) is 1. The standard InChI is InChI=1S/C22H22ClFN2O2/c1-26-18-5-3-2-4-17(18)19(23)20(26)21(27)25-14-22(10-12-28-13-11-22)15-6-8-16(24)9-7-15/h2-9H,10-14H2,1H3,(H,25,27). The highest BCUT2D eigenvalue weighted by Gasteiger charge is 2.35. The van der Waals surface area contributed by atoms with Crippen LogP contribution in [-0.2, 0) is 17.2 Å². The number of carbonyl (C=O) groups is 1. The summed E-state index contributed by atoms with van der Waals surface area (Å²) in [7, 11) is 1.84. The molecular formula is C22H22ClFN2O2. The zero-order valence-corrected chi connectivity index (χ0v) is 16.4. The Morgan fingerprint density at radius 1 is 1.18 bits per heavy atom. The lowest BCUT2D eigenvalue weighted by Crippen LogP contribution is -2.45. The van der Waals surface area contributed by atoms with E-state index in [-0.39, 0.29) is 17.1 Å². The largest absolute Gasteiger partial charge is 0.381 e. The molecule has 2 aromatic carbocycles. The van der Waals surface area contributed by atoms with E-state index < -0.39 is 0 Å². The lowest BCUT2D eigenvalue weighted by atomic mass is 9.74. The normalized spacial score (nSPS) is 16.2. The first-order valence-electron chi connectivity index (χ1n) is 9.37. The first kappa shape index (κ1) is 19.0. The average Bonchev–Trinajstić information content (AvgIpc) is 2.98. The molecule has 28 heavy (non-hydrogen) atoms. The molecule has 146 valence electrons. The van der Waals surface area contributed by atoms with Crippen molar-refractivity contribution < 1.29 is 13.9 Å². The lowest BCUT2D eigenvalue weighted by Gasteiger charge is -2.38. The van der Waals surface area contributed by atoms with Gasteiger partial charge in [0.2, 0.25) is 0 Å². The van der Waals surface area contributed by atoms with Gasteiger partial charge in [-0.2, -0.15) is 0 Å². The number of nitrogens with zero attached hydrogens (tertiary/aromatic N) is 1. The quantitative estimate of drug-likeness (QED) is 0.703. The summed E-state index contributed by atoms with van der Waals surface area (Å²) in [6, 6.07) is 14.2. The molecule has 1 amide bonds. The summed E-state index contributed by atoms with van der Waals surface area (Å²) in [5.74, 6) is -0.478. The molecule has 0 aliphatic carbocycles. The number of aromatic nitrogens is 1. The van der Waals surface area contributed by atoms with Gasteiger partial charge in [-0.1, -0.05) is 41.9 Å². The second-order valence-corrected chi connectivity index (χ2v) is 7.70. The molecule has 4 rings (SSSR count). The van der Waals surface area contributed by atoms with Crippen LogP contribution in [0.4, 0.5) is 4.39 Å². The number of para-hydroxylation sites is 1. The number of fused-ring (bicyclic) bond motifs is 1. The van der Waals surface area contributed by atoms with Crippen LogP contribution in [0, 0.1) is 5.82 Å². The van der Waals surface area contributed by atoms with Gasteiger partial charge in [0.25, 0.3) is 5.91 Å². The Morgan fingerprint density at radius 3 is 2.54 bits per heavy atom. The number of carbonyl (C=O) groups excluding carboxylic acids is 1. The third-order valence-electron chi connectivity index (χ3n) is 5.75. The molecule has 1 N–H and O–H groups in total. The molecule has 1 saturated heterocycles. The molecule has 3 aromatic rings. The van der Waals surface area contributed by atoms with Crippen molar-refractivity contribution in [3.05, 3.63) is 70.6 Å². The summed E-state index contributed by atoms with van der Waals surface area (Å²) in [4.78, 5) is 13.0. The van der Waals surface area contributed by atoms with E-state index in [2.05, 4.69) is 5.32 Å². The Morgan fingerprint density at radius 2 is 1.86 bits per heavy atom. The zero-order valence-electron chi connectivity index (χ0n) is 15.7. The Labute approximate surface area is 168 Å². The van der Waals surface area contributed by atoms with Crippen molar-refractivity contribution in [2.45, 2.75) is 18.3 Å².